The smallest absolute Gasteiger partial charge is 0.313 e. The Hall–Kier alpha value is -3.35. The Kier molecular flexibility index (Phi) is 4.42. The summed E-state index contributed by atoms with van der Waals surface area (Å²) in [5, 5.41) is 5.13. The third kappa shape index (κ3) is 3.35. The Bertz CT molecular complexity index is 888. The van der Waals surface area contributed by atoms with Gasteiger partial charge in [-0.25, -0.2) is 4.98 Å². The van der Waals surface area contributed by atoms with Gasteiger partial charge in [-0.2, -0.15) is 0 Å². The molecule has 7 heteroatoms. The van der Waals surface area contributed by atoms with Crippen molar-refractivity contribution in [2.45, 2.75) is 6.54 Å². The molecule has 1 aromatic heterocycles. The van der Waals surface area contributed by atoms with E-state index in [0.29, 0.717) is 11.4 Å². The van der Waals surface area contributed by atoms with Crippen LogP contribution < -0.4 is 15.4 Å². The molecule has 0 saturated carbocycles. The molecule has 0 atom stereocenters. The number of carbonyl (C=O) groups excluding carboxylic acids is 2. The predicted octanol–water partition coefficient (Wildman–Crippen LogP) is 1.83. The van der Waals surface area contributed by atoms with Crippen LogP contribution in [-0.4, -0.2) is 28.9 Å². The lowest BCUT2D eigenvalue weighted by molar-refractivity contribution is -0.136. The Morgan fingerprint density at radius 3 is 2.83 bits per heavy atom. The van der Waals surface area contributed by atoms with Crippen LogP contribution in [0.2, 0.25) is 0 Å². The van der Waals surface area contributed by atoms with Crippen molar-refractivity contribution in [2.75, 3.05) is 12.4 Å². The zero-order valence-corrected chi connectivity index (χ0v) is 13.0. The van der Waals surface area contributed by atoms with Crippen molar-refractivity contribution in [1.82, 2.24) is 15.3 Å². The molecule has 0 fully saturated rings. The summed E-state index contributed by atoms with van der Waals surface area (Å²) in [6.45, 7) is 0.204. The number of nitrogens with zero attached hydrogens (tertiary/aromatic N) is 1. The standard InChI is InChI=1S/C17H16N4O3/c1-24-15-5-3-2-4-11(15)9-18-16(22)17(23)21-12-6-7-13-14(8-12)20-10-19-13/h2-8,10H,9H2,1H3,(H,18,22)(H,19,20)(H,21,23). The summed E-state index contributed by atoms with van der Waals surface area (Å²) in [6, 6.07) is 12.5. The number of fused-ring (bicyclic) bond motifs is 1. The number of nitrogens with one attached hydrogen (secondary N) is 3. The summed E-state index contributed by atoms with van der Waals surface area (Å²) < 4.78 is 5.21. The molecule has 0 spiro atoms. The summed E-state index contributed by atoms with van der Waals surface area (Å²) in [4.78, 5) is 31.0. The Balaban J connectivity index is 1.61. The fourth-order valence-corrected chi connectivity index (χ4v) is 2.31. The molecule has 0 aliphatic rings. The number of rotatable bonds is 4. The molecule has 1 heterocycles. The van der Waals surface area contributed by atoms with Crippen LogP contribution in [0.15, 0.2) is 48.8 Å². The second-order valence-electron chi connectivity index (χ2n) is 5.08. The van der Waals surface area contributed by atoms with Crippen molar-refractivity contribution in [1.29, 1.82) is 0 Å². The first-order valence-electron chi connectivity index (χ1n) is 7.31. The van der Waals surface area contributed by atoms with Gasteiger partial charge in [-0.1, -0.05) is 18.2 Å². The monoisotopic (exact) mass is 324 g/mol. The molecule has 0 aliphatic heterocycles. The van der Waals surface area contributed by atoms with E-state index in [0.717, 1.165) is 16.6 Å². The van der Waals surface area contributed by atoms with E-state index in [4.69, 9.17) is 4.74 Å². The van der Waals surface area contributed by atoms with Gasteiger partial charge in [0.15, 0.2) is 0 Å². The Morgan fingerprint density at radius 2 is 2.00 bits per heavy atom. The largest absolute Gasteiger partial charge is 0.496 e. The third-order valence-electron chi connectivity index (χ3n) is 3.52. The molecule has 24 heavy (non-hydrogen) atoms. The molecule has 0 saturated heterocycles. The summed E-state index contributed by atoms with van der Waals surface area (Å²) in [5.41, 5.74) is 2.88. The van der Waals surface area contributed by atoms with Crippen LogP contribution in [0.4, 0.5) is 5.69 Å². The molecule has 0 bridgehead atoms. The average Bonchev–Trinajstić information content (AvgIpc) is 3.07. The highest BCUT2D eigenvalue weighted by molar-refractivity contribution is 6.39. The van der Waals surface area contributed by atoms with Gasteiger partial charge in [0.2, 0.25) is 0 Å². The van der Waals surface area contributed by atoms with Crippen LogP contribution in [0.3, 0.4) is 0 Å². The lowest BCUT2D eigenvalue weighted by Gasteiger charge is -2.09. The summed E-state index contributed by atoms with van der Waals surface area (Å²) in [6.07, 6.45) is 1.57. The van der Waals surface area contributed by atoms with E-state index in [-0.39, 0.29) is 6.54 Å². The topological polar surface area (TPSA) is 96.1 Å². The number of methoxy groups -OCH3 is 1. The summed E-state index contributed by atoms with van der Waals surface area (Å²) >= 11 is 0. The highest BCUT2D eigenvalue weighted by Gasteiger charge is 2.14. The van der Waals surface area contributed by atoms with Gasteiger partial charge in [0.05, 0.1) is 24.5 Å². The number of amides is 2. The highest BCUT2D eigenvalue weighted by atomic mass is 16.5. The number of hydrogen-bond acceptors (Lipinski definition) is 4. The average molecular weight is 324 g/mol. The maximum Gasteiger partial charge on any atom is 0.313 e. The molecule has 122 valence electrons. The molecule has 2 aromatic carbocycles. The van der Waals surface area contributed by atoms with Gasteiger partial charge in [0.25, 0.3) is 0 Å². The SMILES string of the molecule is COc1ccccc1CNC(=O)C(=O)Nc1ccc2nc[nH]c2c1. The number of carbonyl (C=O) groups is 2. The van der Waals surface area contributed by atoms with Gasteiger partial charge in [-0.3, -0.25) is 9.59 Å². The maximum absolute atomic E-state index is 12.0. The van der Waals surface area contributed by atoms with Crippen molar-refractivity contribution in [3.05, 3.63) is 54.4 Å². The van der Waals surface area contributed by atoms with Gasteiger partial charge < -0.3 is 20.4 Å². The molecule has 0 aliphatic carbocycles. The van der Waals surface area contributed by atoms with Gasteiger partial charge in [-0.15, -0.1) is 0 Å². The second kappa shape index (κ2) is 6.82. The van der Waals surface area contributed by atoms with Crippen LogP contribution in [-0.2, 0) is 16.1 Å². The molecule has 7 nitrogen and oxygen atoms in total. The van der Waals surface area contributed by atoms with E-state index >= 15 is 0 Å². The lowest BCUT2D eigenvalue weighted by Crippen LogP contribution is -2.35. The molecule has 3 rings (SSSR count). The van der Waals surface area contributed by atoms with E-state index in [1.54, 1.807) is 37.7 Å². The van der Waals surface area contributed by atoms with Crippen molar-refractivity contribution in [3.63, 3.8) is 0 Å². The zero-order chi connectivity index (χ0) is 16.9. The van der Waals surface area contributed by atoms with E-state index in [2.05, 4.69) is 20.6 Å². The number of imidazole rings is 1. The number of H-pyrrole nitrogens is 1. The Morgan fingerprint density at radius 1 is 1.17 bits per heavy atom. The number of aromatic nitrogens is 2. The first-order valence-corrected chi connectivity index (χ1v) is 7.31. The van der Waals surface area contributed by atoms with Crippen molar-refractivity contribution in [3.8, 4) is 5.75 Å². The number of anilines is 1. The number of para-hydroxylation sites is 1. The minimum Gasteiger partial charge on any atom is -0.496 e. The molecule has 0 unspecified atom stereocenters. The highest BCUT2D eigenvalue weighted by Crippen LogP contribution is 2.17. The number of aromatic amines is 1. The van der Waals surface area contributed by atoms with E-state index in [9.17, 15) is 9.59 Å². The fourth-order valence-electron chi connectivity index (χ4n) is 2.31. The Labute approximate surface area is 138 Å². The first-order chi connectivity index (χ1) is 11.7. The van der Waals surface area contributed by atoms with Crippen molar-refractivity contribution < 1.29 is 14.3 Å². The van der Waals surface area contributed by atoms with E-state index < -0.39 is 11.8 Å². The molecule has 3 N–H and O–H groups in total. The summed E-state index contributed by atoms with van der Waals surface area (Å²) in [5.74, 6) is -0.794. The summed E-state index contributed by atoms with van der Waals surface area (Å²) in [7, 11) is 1.55. The molecule has 2 amide bonds. The number of ether oxygens (including phenoxy) is 1. The van der Waals surface area contributed by atoms with Crippen molar-refractivity contribution in [2.24, 2.45) is 0 Å². The van der Waals surface area contributed by atoms with Crippen LogP contribution in [0.1, 0.15) is 5.56 Å². The minimum atomic E-state index is -0.733. The van der Waals surface area contributed by atoms with Crippen LogP contribution >= 0.6 is 0 Å². The maximum atomic E-state index is 12.0. The van der Waals surface area contributed by atoms with Crippen LogP contribution in [0.25, 0.3) is 11.0 Å². The van der Waals surface area contributed by atoms with E-state index in [1.165, 1.54) is 0 Å². The number of hydrogen-bond donors (Lipinski definition) is 3. The van der Waals surface area contributed by atoms with Crippen LogP contribution in [0, 0.1) is 0 Å². The molecular formula is C17H16N4O3. The normalized spacial score (nSPS) is 10.4. The van der Waals surface area contributed by atoms with Gasteiger partial charge >= 0.3 is 11.8 Å². The minimum absolute atomic E-state index is 0.204. The number of benzene rings is 2. The molecular weight excluding hydrogens is 308 g/mol. The first kappa shape index (κ1) is 15.5. The van der Waals surface area contributed by atoms with Crippen LogP contribution in [0.5, 0.6) is 5.75 Å². The van der Waals surface area contributed by atoms with Gasteiger partial charge in [0, 0.05) is 17.8 Å². The molecule has 3 aromatic rings. The second-order valence-corrected chi connectivity index (χ2v) is 5.08. The fraction of sp³-hybridized carbons (Fsp3) is 0.118. The van der Waals surface area contributed by atoms with Crippen molar-refractivity contribution >= 4 is 28.5 Å². The predicted molar refractivity (Wildman–Crippen MR) is 89.6 cm³/mol. The van der Waals surface area contributed by atoms with E-state index in [1.807, 2.05) is 18.2 Å². The van der Waals surface area contributed by atoms with Gasteiger partial charge in [-0.05, 0) is 24.3 Å². The lowest BCUT2D eigenvalue weighted by atomic mass is 10.2. The molecule has 0 radical (unpaired) electrons. The van der Waals surface area contributed by atoms with Gasteiger partial charge in [0.1, 0.15) is 5.75 Å². The zero-order valence-electron chi connectivity index (χ0n) is 13.0. The quantitative estimate of drug-likeness (QED) is 0.638. The third-order valence-corrected chi connectivity index (χ3v) is 3.52.